The SMILES string of the molecule is Cc1ccc2ccccc2c1C(=O)N(Cc1ccc(-c2cccc(S(C)(=O)=O)c2)cc1)Cc1ccc(C(F)(F)F)o1. The number of alkyl halides is 3. The van der Waals surface area contributed by atoms with Crippen molar-refractivity contribution < 1.29 is 30.8 Å². The van der Waals surface area contributed by atoms with Crippen molar-refractivity contribution in [3.8, 4) is 11.1 Å². The van der Waals surface area contributed by atoms with Gasteiger partial charge in [-0.2, -0.15) is 13.2 Å². The van der Waals surface area contributed by atoms with E-state index in [1.165, 1.54) is 17.0 Å². The number of furan rings is 1. The zero-order valence-electron chi connectivity index (χ0n) is 22.3. The maximum Gasteiger partial charge on any atom is 0.449 e. The normalized spacial score (nSPS) is 12.0. The monoisotopic (exact) mass is 577 g/mol. The molecule has 41 heavy (non-hydrogen) atoms. The number of hydrogen-bond acceptors (Lipinski definition) is 4. The fourth-order valence-corrected chi connectivity index (χ4v) is 5.42. The standard InChI is InChI=1S/C32H26F3NO4S/c1-21-10-13-24-6-3-4-9-28(24)30(21)31(37)36(20-26-16-17-29(40-26)32(33,34)35)19-22-11-14-23(15-12-22)25-7-5-8-27(18-25)41(2,38)39/h3-18H,19-20H2,1-2H3. The van der Waals surface area contributed by atoms with Crippen LogP contribution in [0.15, 0.2) is 106 Å². The summed E-state index contributed by atoms with van der Waals surface area (Å²) in [6.07, 6.45) is -3.49. The molecule has 0 fully saturated rings. The number of benzene rings is 4. The molecule has 5 nitrogen and oxygen atoms in total. The predicted molar refractivity (Wildman–Crippen MR) is 151 cm³/mol. The Hall–Kier alpha value is -4.37. The first kappa shape index (κ1) is 28.2. The average molecular weight is 578 g/mol. The van der Waals surface area contributed by atoms with Crippen LogP contribution >= 0.6 is 0 Å². The van der Waals surface area contributed by atoms with Gasteiger partial charge in [-0.05, 0) is 64.2 Å². The lowest BCUT2D eigenvalue weighted by Gasteiger charge is -2.24. The van der Waals surface area contributed by atoms with E-state index in [0.29, 0.717) is 11.1 Å². The Kier molecular flexibility index (Phi) is 7.48. The Morgan fingerprint density at radius 1 is 0.829 bits per heavy atom. The second-order valence-electron chi connectivity index (χ2n) is 9.90. The number of nitrogens with zero attached hydrogens (tertiary/aromatic N) is 1. The smallest absolute Gasteiger partial charge is 0.449 e. The molecule has 0 atom stereocenters. The van der Waals surface area contributed by atoms with E-state index in [1.54, 1.807) is 18.2 Å². The van der Waals surface area contributed by atoms with Crippen LogP contribution in [0.3, 0.4) is 0 Å². The third-order valence-electron chi connectivity index (χ3n) is 6.85. The molecule has 0 saturated carbocycles. The van der Waals surface area contributed by atoms with E-state index >= 15 is 0 Å². The molecular formula is C32H26F3NO4S. The van der Waals surface area contributed by atoms with Crippen molar-refractivity contribution in [2.75, 3.05) is 6.26 Å². The Labute approximate surface area is 235 Å². The Balaban J connectivity index is 1.49. The number of aryl methyl sites for hydroxylation is 1. The molecule has 9 heteroatoms. The molecule has 0 aliphatic carbocycles. The van der Waals surface area contributed by atoms with Gasteiger partial charge in [0.05, 0.1) is 17.0 Å². The van der Waals surface area contributed by atoms with Gasteiger partial charge in [-0.1, -0.05) is 72.8 Å². The quantitative estimate of drug-likeness (QED) is 0.199. The molecule has 1 amide bonds. The molecule has 0 spiro atoms. The number of rotatable bonds is 7. The summed E-state index contributed by atoms with van der Waals surface area (Å²) >= 11 is 0. The molecule has 0 radical (unpaired) electrons. The van der Waals surface area contributed by atoms with E-state index < -0.39 is 21.8 Å². The molecule has 1 heterocycles. The molecule has 1 aromatic heterocycles. The Morgan fingerprint density at radius 3 is 2.24 bits per heavy atom. The molecule has 5 rings (SSSR count). The second kappa shape index (κ2) is 10.9. The van der Waals surface area contributed by atoms with Crippen LogP contribution in [0, 0.1) is 6.92 Å². The van der Waals surface area contributed by atoms with Crippen LogP contribution in [-0.4, -0.2) is 25.5 Å². The molecule has 0 bridgehead atoms. The van der Waals surface area contributed by atoms with E-state index in [1.807, 2.05) is 67.6 Å². The summed E-state index contributed by atoms with van der Waals surface area (Å²) in [6.45, 7) is 1.76. The minimum atomic E-state index is -4.64. The van der Waals surface area contributed by atoms with E-state index in [9.17, 15) is 26.4 Å². The second-order valence-corrected chi connectivity index (χ2v) is 11.9. The first-order valence-corrected chi connectivity index (χ1v) is 14.6. The van der Waals surface area contributed by atoms with Crippen LogP contribution in [0.1, 0.15) is 33.0 Å². The molecule has 0 unspecified atom stereocenters. The highest BCUT2D eigenvalue weighted by molar-refractivity contribution is 7.90. The van der Waals surface area contributed by atoms with Gasteiger partial charge in [0.25, 0.3) is 5.91 Å². The van der Waals surface area contributed by atoms with E-state index in [2.05, 4.69) is 0 Å². The van der Waals surface area contributed by atoms with Crippen LogP contribution in [0.5, 0.6) is 0 Å². The molecule has 0 saturated heterocycles. The van der Waals surface area contributed by atoms with Gasteiger partial charge in [0, 0.05) is 12.8 Å². The summed E-state index contributed by atoms with van der Waals surface area (Å²) in [7, 11) is -3.37. The maximum absolute atomic E-state index is 14.0. The first-order valence-electron chi connectivity index (χ1n) is 12.7. The number of sulfone groups is 1. The summed E-state index contributed by atoms with van der Waals surface area (Å²) in [5.41, 5.74) is 3.45. The fraction of sp³-hybridized carbons (Fsp3) is 0.156. The van der Waals surface area contributed by atoms with Crippen LogP contribution in [0.2, 0.25) is 0 Å². The summed E-state index contributed by atoms with van der Waals surface area (Å²) in [5, 5.41) is 1.62. The predicted octanol–water partition coefficient (Wildman–Crippen LogP) is 7.67. The third kappa shape index (κ3) is 6.20. The van der Waals surface area contributed by atoms with Crippen LogP contribution in [-0.2, 0) is 29.1 Å². The average Bonchev–Trinajstić information content (AvgIpc) is 3.42. The van der Waals surface area contributed by atoms with E-state index in [-0.39, 0.29) is 29.7 Å². The summed E-state index contributed by atoms with van der Waals surface area (Å²) in [5.74, 6) is -1.45. The highest BCUT2D eigenvalue weighted by atomic mass is 32.2. The van der Waals surface area contributed by atoms with Crippen molar-refractivity contribution in [3.63, 3.8) is 0 Å². The Morgan fingerprint density at radius 2 is 1.56 bits per heavy atom. The van der Waals surface area contributed by atoms with Crippen LogP contribution in [0.25, 0.3) is 21.9 Å². The van der Waals surface area contributed by atoms with Crippen molar-refractivity contribution in [1.29, 1.82) is 0 Å². The molecule has 210 valence electrons. The van der Waals surface area contributed by atoms with Crippen molar-refractivity contribution in [3.05, 3.63) is 125 Å². The summed E-state index contributed by atoms with van der Waals surface area (Å²) in [6, 6.07) is 27.2. The van der Waals surface area contributed by atoms with Gasteiger partial charge in [-0.3, -0.25) is 4.79 Å². The molecular weight excluding hydrogens is 551 g/mol. The highest BCUT2D eigenvalue weighted by Crippen LogP contribution is 2.32. The first-order chi connectivity index (χ1) is 19.4. The molecule has 0 aliphatic rings. The number of hydrogen-bond donors (Lipinski definition) is 0. The lowest BCUT2D eigenvalue weighted by molar-refractivity contribution is -0.153. The van der Waals surface area contributed by atoms with E-state index in [4.69, 9.17) is 4.42 Å². The highest BCUT2D eigenvalue weighted by Gasteiger charge is 2.35. The molecule has 4 aromatic carbocycles. The largest absolute Gasteiger partial charge is 0.455 e. The minimum Gasteiger partial charge on any atom is -0.455 e. The molecule has 0 aliphatic heterocycles. The zero-order valence-corrected chi connectivity index (χ0v) is 23.1. The summed E-state index contributed by atoms with van der Waals surface area (Å²) in [4.78, 5) is 15.7. The maximum atomic E-state index is 14.0. The summed E-state index contributed by atoms with van der Waals surface area (Å²) < 4.78 is 68.6. The fourth-order valence-electron chi connectivity index (χ4n) is 4.75. The number of halogens is 3. The number of amides is 1. The third-order valence-corrected chi connectivity index (χ3v) is 7.96. The number of carbonyl (C=O) groups is 1. The number of carbonyl (C=O) groups excluding carboxylic acids is 1. The Bertz CT molecular complexity index is 1840. The molecule has 5 aromatic rings. The van der Waals surface area contributed by atoms with Crippen LogP contribution < -0.4 is 0 Å². The van der Waals surface area contributed by atoms with Gasteiger partial charge in [-0.15, -0.1) is 0 Å². The van der Waals surface area contributed by atoms with Crippen molar-refractivity contribution in [2.45, 2.75) is 31.1 Å². The van der Waals surface area contributed by atoms with Crippen LogP contribution in [0.4, 0.5) is 13.2 Å². The van der Waals surface area contributed by atoms with Gasteiger partial charge >= 0.3 is 6.18 Å². The van der Waals surface area contributed by atoms with Gasteiger partial charge in [0.1, 0.15) is 5.76 Å². The van der Waals surface area contributed by atoms with Gasteiger partial charge in [-0.25, -0.2) is 8.42 Å². The topological polar surface area (TPSA) is 67.6 Å². The zero-order chi connectivity index (χ0) is 29.4. The lowest BCUT2D eigenvalue weighted by atomic mass is 9.98. The number of fused-ring (bicyclic) bond motifs is 1. The minimum absolute atomic E-state index is 0.0118. The van der Waals surface area contributed by atoms with Gasteiger partial charge in [0.15, 0.2) is 9.84 Å². The van der Waals surface area contributed by atoms with E-state index in [0.717, 1.165) is 39.8 Å². The molecule has 0 N–H and O–H groups in total. The lowest BCUT2D eigenvalue weighted by Crippen LogP contribution is -2.30. The van der Waals surface area contributed by atoms with Crippen molar-refractivity contribution in [2.24, 2.45) is 0 Å². The van der Waals surface area contributed by atoms with Crippen molar-refractivity contribution >= 4 is 26.5 Å². The van der Waals surface area contributed by atoms with Gasteiger partial charge < -0.3 is 9.32 Å². The van der Waals surface area contributed by atoms with Gasteiger partial charge in [0.2, 0.25) is 5.76 Å². The van der Waals surface area contributed by atoms with Crippen molar-refractivity contribution in [1.82, 2.24) is 4.90 Å².